The maximum absolute atomic E-state index is 10.6. The van der Waals surface area contributed by atoms with Gasteiger partial charge >= 0.3 is 5.97 Å². The third kappa shape index (κ3) is 2.76. The zero-order chi connectivity index (χ0) is 10.7. The van der Waals surface area contributed by atoms with Crippen molar-refractivity contribution in [1.29, 1.82) is 0 Å². The summed E-state index contributed by atoms with van der Waals surface area (Å²) in [7, 11) is 0. The van der Waals surface area contributed by atoms with Crippen LogP contribution in [0.1, 0.15) is 41.2 Å². The number of rotatable bonds is 4. The monoisotopic (exact) mass is 227 g/mol. The van der Waals surface area contributed by atoms with Crippen LogP contribution in [0.15, 0.2) is 5.38 Å². The predicted octanol–water partition coefficient (Wildman–Crippen LogP) is 2.30. The van der Waals surface area contributed by atoms with Gasteiger partial charge in [0.05, 0.1) is 12.7 Å². The molecule has 1 fully saturated rings. The first-order valence-electron chi connectivity index (χ1n) is 5.05. The summed E-state index contributed by atoms with van der Waals surface area (Å²) in [5, 5.41) is 11.0. The number of hydrogen-bond donors (Lipinski definition) is 1. The number of carboxylic acids is 1. The molecule has 4 nitrogen and oxygen atoms in total. The first-order chi connectivity index (χ1) is 7.25. The van der Waals surface area contributed by atoms with Crippen molar-refractivity contribution in [3.8, 4) is 0 Å². The molecule has 0 saturated heterocycles. The maximum atomic E-state index is 10.6. The lowest BCUT2D eigenvalue weighted by atomic mass is 10.3. The molecule has 0 amide bonds. The van der Waals surface area contributed by atoms with E-state index >= 15 is 0 Å². The van der Waals surface area contributed by atoms with Crippen LogP contribution in [0.3, 0.4) is 0 Å². The van der Waals surface area contributed by atoms with Crippen molar-refractivity contribution in [1.82, 2.24) is 4.98 Å². The minimum Gasteiger partial charge on any atom is -0.476 e. The van der Waals surface area contributed by atoms with Gasteiger partial charge in [0, 0.05) is 5.38 Å². The van der Waals surface area contributed by atoms with Crippen molar-refractivity contribution in [2.45, 2.75) is 38.4 Å². The fourth-order valence-corrected chi connectivity index (χ4v) is 2.41. The first kappa shape index (κ1) is 10.6. The maximum Gasteiger partial charge on any atom is 0.355 e. The molecule has 1 saturated carbocycles. The number of hydrogen-bond acceptors (Lipinski definition) is 4. The van der Waals surface area contributed by atoms with Crippen LogP contribution in [0.25, 0.3) is 0 Å². The number of aromatic carboxylic acids is 1. The number of ether oxygens (including phenoxy) is 1. The molecule has 0 spiro atoms. The van der Waals surface area contributed by atoms with Crippen LogP contribution in [-0.4, -0.2) is 22.2 Å². The average molecular weight is 227 g/mol. The second-order valence-corrected chi connectivity index (χ2v) is 4.59. The van der Waals surface area contributed by atoms with Crippen molar-refractivity contribution >= 4 is 17.3 Å². The van der Waals surface area contributed by atoms with Crippen LogP contribution in [0.5, 0.6) is 0 Å². The van der Waals surface area contributed by atoms with Crippen molar-refractivity contribution in [2.75, 3.05) is 0 Å². The molecule has 15 heavy (non-hydrogen) atoms. The molecule has 0 aliphatic heterocycles. The third-order valence-electron chi connectivity index (χ3n) is 2.52. The molecule has 0 aromatic carbocycles. The van der Waals surface area contributed by atoms with Gasteiger partial charge in [-0.25, -0.2) is 9.78 Å². The third-order valence-corrected chi connectivity index (χ3v) is 3.34. The highest BCUT2D eigenvalue weighted by Crippen LogP contribution is 2.22. The van der Waals surface area contributed by atoms with Crippen LogP contribution >= 0.6 is 11.3 Å². The van der Waals surface area contributed by atoms with Crippen LogP contribution < -0.4 is 0 Å². The molecule has 1 aliphatic carbocycles. The molecule has 1 aromatic rings. The zero-order valence-electron chi connectivity index (χ0n) is 8.31. The van der Waals surface area contributed by atoms with E-state index in [9.17, 15) is 4.79 Å². The summed E-state index contributed by atoms with van der Waals surface area (Å²) in [6, 6.07) is 0. The molecule has 0 radical (unpaired) electrons. The van der Waals surface area contributed by atoms with Crippen LogP contribution in [0.4, 0.5) is 0 Å². The molecule has 82 valence electrons. The molecule has 0 atom stereocenters. The van der Waals surface area contributed by atoms with Gasteiger partial charge in [-0.2, -0.15) is 0 Å². The van der Waals surface area contributed by atoms with Crippen molar-refractivity contribution < 1.29 is 14.6 Å². The van der Waals surface area contributed by atoms with E-state index in [-0.39, 0.29) is 5.69 Å². The Morgan fingerprint density at radius 1 is 1.60 bits per heavy atom. The van der Waals surface area contributed by atoms with Gasteiger partial charge in [-0.1, -0.05) is 12.8 Å². The van der Waals surface area contributed by atoms with E-state index in [2.05, 4.69) is 4.98 Å². The normalized spacial score (nSPS) is 17.1. The summed E-state index contributed by atoms with van der Waals surface area (Å²) in [6.45, 7) is 0.447. The quantitative estimate of drug-likeness (QED) is 0.857. The number of carbonyl (C=O) groups is 1. The van der Waals surface area contributed by atoms with Gasteiger partial charge in [-0.15, -0.1) is 11.3 Å². The summed E-state index contributed by atoms with van der Waals surface area (Å²) in [5.41, 5.74) is 0.116. The molecule has 1 N–H and O–H groups in total. The molecular formula is C10H13NO3S. The largest absolute Gasteiger partial charge is 0.476 e. The Morgan fingerprint density at radius 2 is 2.33 bits per heavy atom. The minimum atomic E-state index is -0.974. The Morgan fingerprint density at radius 3 is 2.93 bits per heavy atom. The number of nitrogens with zero attached hydrogens (tertiary/aromatic N) is 1. The molecule has 1 heterocycles. The molecule has 1 aliphatic rings. The Hall–Kier alpha value is -0.940. The van der Waals surface area contributed by atoms with Crippen LogP contribution in [0, 0.1) is 0 Å². The van der Waals surface area contributed by atoms with Gasteiger partial charge in [-0.05, 0) is 12.8 Å². The van der Waals surface area contributed by atoms with E-state index < -0.39 is 5.97 Å². The predicted molar refractivity (Wildman–Crippen MR) is 56.1 cm³/mol. The van der Waals surface area contributed by atoms with Gasteiger partial charge in [0.2, 0.25) is 0 Å². The average Bonchev–Trinajstić information content (AvgIpc) is 2.86. The van der Waals surface area contributed by atoms with Gasteiger partial charge < -0.3 is 9.84 Å². The van der Waals surface area contributed by atoms with Crippen LogP contribution in [-0.2, 0) is 11.3 Å². The van der Waals surface area contributed by atoms with E-state index in [1.54, 1.807) is 5.38 Å². The summed E-state index contributed by atoms with van der Waals surface area (Å²) in [5.74, 6) is -0.974. The summed E-state index contributed by atoms with van der Waals surface area (Å²) in [4.78, 5) is 14.5. The first-order valence-corrected chi connectivity index (χ1v) is 5.93. The van der Waals surface area contributed by atoms with Gasteiger partial charge in [0.25, 0.3) is 0 Å². The highest BCUT2D eigenvalue weighted by atomic mass is 32.1. The molecule has 2 rings (SSSR count). The van der Waals surface area contributed by atoms with E-state index in [4.69, 9.17) is 9.84 Å². The fraction of sp³-hybridized carbons (Fsp3) is 0.600. The molecule has 5 heteroatoms. The van der Waals surface area contributed by atoms with Gasteiger partial charge in [-0.3, -0.25) is 0 Å². The second-order valence-electron chi connectivity index (χ2n) is 3.65. The van der Waals surface area contributed by atoms with E-state index in [1.807, 2.05) is 0 Å². The Labute approximate surface area is 91.9 Å². The van der Waals surface area contributed by atoms with Crippen molar-refractivity contribution in [3.05, 3.63) is 16.1 Å². The standard InChI is InChI=1S/C10H13NO3S/c12-10(13)8-6-15-9(11-8)5-14-7-3-1-2-4-7/h6-7H,1-5H2,(H,12,13). The highest BCUT2D eigenvalue weighted by Gasteiger charge is 2.16. The SMILES string of the molecule is O=C(O)c1csc(COC2CCCC2)n1. The highest BCUT2D eigenvalue weighted by molar-refractivity contribution is 7.09. The summed E-state index contributed by atoms with van der Waals surface area (Å²) < 4.78 is 5.64. The number of aromatic nitrogens is 1. The Kier molecular flexibility index (Phi) is 3.33. The van der Waals surface area contributed by atoms with Crippen LogP contribution in [0.2, 0.25) is 0 Å². The lowest BCUT2D eigenvalue weighted by Crippen LogP contribution is -2.07. The zero-order valence-corrected chi connectivity index (χ0v) is 9.13. The van der Waals surface area contributed by atoms with Gasteiger partial charge in [0.15, 0.2) is 5.69 Å². The minimum absolute atomic E-state index is 0.116. The Balaban J connectivity index is 1.84. The molecule has 0 bridgehead atoms. The summed E-state index contributed by atoms with van der Waals surface area (Å²) in [6.07, 6.45) is 5.07. The number of thiazole rings is 1. The molecule has 1 aromatic heterocycles. The van der Waals surface area contributed by atoms with Gasteiger partial charge in [0.1, 0.15) is 5.01 Å². The molecular weight excluding hydrogens is 214 g/mol. The smallest absolute Gasteiger partial charge is 0.355 e. The lowest BCUT2D eigenvalue weighted by molar-refractivity contribution is 0.0454. The van der Waals surface area contributed by atoms with Crippen molar-refractivity contribution in [3.63, 3.8) is 0 Å². The van der Waals surface area contributed by atoms with E-state index in [0.717, 1.165) is 17.8 Å². The van der Waals surface area contributed by atoms with Crippen molar-refractivity contribution in [2.24, 2.45) is 0 Å². The van der Waals surface area contributed by atoms with E-state index in [0.29, 0.717) is 12.7 Å². The number of carboxylic acid groups (broad SMARTS) is 1. The lowest BCUT2D eigenvalue weighted by Gasteiger charge is -2.08. The summed E-state index contributed by atoms with van der Waals surface area (Å²) >= 11 is 1.34. The second kappa shape index (κ2) is 4.72. The Bertz CT molecular complexity index is 344. The fourth-order valence-electron chi connectivity index (χ4n) is 1.72. The topological polar surface area (TPSA) is 59.4 Å². The molecule has 0 unspecified atom stereocenters. The van der Waals surface area contributed by atoms with E-state index in [1.165, 1.54) is 24.2 Å².